The fraction of sp³-hybridized carbons (Fsp3) is 0.167. The molecule has 0 aliphatic rings. The van der Waals surface area contributed by atoms with E-state index in [0.717, 1.165) is 11.3 Å². The lowest BCUT2D eigenvalue weighted by atomic mass is 10.1. The van der Waals surface area contributed by atoms with Crippen LogP contribution in [0.4, 0.5) is 10.1 Å². The number of nitrogens with zero attached hydrogens (tertiary/aromatic N) is 3. The summed E-state index contributed by atoms with van der Waals surface area (Å²) in [5.74, 6) is -0.429. The summed E-state index contributed by atoms with van der Waals surface area (Å²) in [4.78, 5) is 16.1. The average molecular weight is 324 g/mol. The second-order valence-corrected chi connectivity index (χ2v) is 5.39. The molecule has 1 aromatic heterocycles. The van der Waals surface area contributed by atoms with Crippen molar-refractivity contribution in [1.29, 1.82) is 0 Å². The Morgan fingerprint density at radius 1 is 1.08 bits per heavy atom. The first-order valence-electron chi connectivity index (χ1n) is 7.66. The van der Waals surface area contributed by atoms with E-state index in [0.29, 0.717) is 18.5 Å². The number of halogens is 1. The van der Waals surface area contributed by atoms with E-state index in [4.69, 9.17) is 0 Å². The summed E-state index contributed by atoms with van der Waals surface area (Å²) in [5.41, 5.74) is 2.21. The van der Waals surface area contributed by atoms with Gasteiger partial charge in [-0.15, -0.1) is 0 Å². The van der Waals surface area contributed by atoms with Crippen LogP contribution in [0.25, 0.3) is 0 Å². The lowest BCUT2D eigenvalue weighted by Crippen LogP contribution is -2.15. The first kappa shape index (κ1) is 15.9. The lowest BCUT2D eigenvalue weighted by Gasteiger charge is -2.11. The number of aryl methyl sites for hydroxylation is 1. The molecule has 0 radical (unpaired) electrons. The Hall–Kier alpha value is -3.02. The third-order valence-electron chi connectivity index (χ3n) is 3.67. The second-order valence-electron chi connectivity index (χ2n) is 5.39. The predicted molar refractivity (Wildman–Crippen MR) is 88.9 cm³/mol. The maximum atomic E-state index is 13.6. The van der Waals surface area contributed by atoms with E-state index in [2.05, 4.69) is 15.4 Å². The number of nitrogens with one attached hydrogen (secondary N) is 1. The summed E-state index contributed by atoms with van der Waals surface area (Å²) in [7, 11) is 0. The van der Waals surface area contributed by atoms with Crippen LogP contribution in [0.1, 0.15) is 17.5 Å². The molecular formula is C18H17FN4O. The van der Waals surface area contributed by atoms with Crippen LogP contribution < -0.4 is 5.32 Å². The number of carbonyl (C=O) groups excluding carboxylic acids is 1. The summed E-state index contributed by atoms with van der Waals surface area (Å²) in [6, 6.07) is 14.0. The van der Waals surface area contributed by atoms with Gasteiger partial charge in [0, 0.05) is 12.1 Å². The first-order chi connectivity index (χ1) is 11.7. The van der Waals surface area contributed by atoms with Crippen molar-refractivity contribution in [2.45, 2.75) is 19.4 Å². The number of rotatable bonds is 6. The third-order valence-corrected chi connectivity index (χ3v) is 3.67. The molecule has 0 aliphatic heterocycles. The maximum absolute atomic E-state index is 13.6. The molecule has 0 unspecified atom stereocenters. The molecule has 3 aromatic rings. The van der Waals surface area contributed by atoms with Crippen molar-refractivity contribution < 1.29 is 9.18 Å². The van der Waals surface area contributed by atoms with Crippen molar-refractivity contribution in [1.82, 2.24) is 14.8 Å². The number of hydrogen-bond acceptors (Lipinski definition) is 3. The van der Waals surface area contributed by atoms with Gasteiger partial charge in [-0.25, -0.2) is 14.1 Å². The molecule has 1 N–H and O–H groups in total. The Kier molecular flexibility index (Phi) is 4.96. The van der Waals surface area contributed by atoms with Gasteiger partial charge in [0.2, 0.25) is 5.91 Å². The number of aromatic nitrogens is 3. The van der Waals surface area contributed by atoms with Gasteiger partial charge < -0.3 is 5.32 Å². The summed E-state index contributed by atoms with van der Waals surface area (Å²) >= 11 is 0. The lowest BCUT2D eigenvalue weighted by molar-refractivity contribution is -0.116. The van der Waals surface area contributed by atoms with Crippen molar-refractivity contribution in [3.8, 4) is 0 Å². The Labute approximate surface area is 139 Å². The van der Waals surface area contributed by atoms with Crippen LogP contribution >= 0.6 is 0 Å². The summed E-state index contributed by atoms with van der Waals surface area (Å²) in [6.45, 7) is 0.518. The molecule has 2 aromatic carbocycles. The summed E-state index contributed by atoms with van der Waals surface area (Å²) in [6.07, 6.45) is 3.68. The minimum absolute atomic E-state index is 0.149. The van der Waals surface area contributed by atoms with Gasteiger partial charge in [0.15, 0.2) is 0 Å². The molecule has 0 spiro atoms. The molecule has 0 atom stereocenters. The molecule has 0 aliphatic carbocycles. The highest BCUT2D eigenvalue weighted by molar-refractivity contribution is 5.91. The van der Waals surface area contributed by atoms with Crippen molar-refractivity contribution >= 4 is 11.6 Å². The van der Waals surface area contributed by atoms with Crippen LogP contribution in [-0.2, 0) is 17.8 Å². The molecule has 0 saturated heterocycles. The zero-order valence-corrected chi connectivity index (χ0v) is 13.0. The Morgan fingerprint density at radius 3 is 2.58 bits per heavy atom. The van der Waals surface area contributed by atoms with Crippen LogP contribution in [-0.4, -0.2) is 20.7 Å². The summed E-state index contributed by atoms with van der Waals surface area (Å²) < 4.78 is 15.3. The fourth-order valence-corrected chi connectivity index (χ4v) is 2.43. The average Bonchev–Trinajstić information content (AvgIpc) is 3.09. The monoisotopic (exact) mass is 324 g/mol. The molecule has 0 bridgehead atoms. The molecular weight excluding hydrogens is 307 g/mol. The number of para-hydroxylation sites is 1. The van der Waals surface area contributed by atoms with Gasteiger partial charge >= 0.3 is 0 Å². The highest BCUT2D eigenvalue weighted by Gasteiger charge is 2.09. The van der Waals surface area contributed by atoms with Crippen LogP contribution in [0.2, 0.25) is 0 Å². The normalized spacial score (nSPS) is 10.5. The summed E-state index contributed by atoms with van der Waals surface area (Å²) in [5, 5.41) is 6.96. The Bertz CT molecular complexity index is 817. The van der Waals surface area contributed by atoms with Gasteiger partial charge in [0.25, 0.3) is 0 Å². The second kappa shape index (κ2) is 7.50. The van der Waals surface area contributed by atoms with Gasteiger partial charge in [-0.3, -0.25) is 4.79 Å². The fourth-order valence-electron chi connectivity index (χ4n) is 2.43. The molecule has 3 rings (SSSR count). The molecule has 1 amide bonds. The number of amides is 1. The van der Waals surface area contributed by atoms with Crippen LogP contribution in [0.5, 0.6) is 0 Å². The highest BCUT2D eigenvalue weighted by atomic mass is 19.1. The Morgan fingerprint density at radius 2 is 1.83 bits per heavy atom. The quantitative estimate of drug-likeness (QED) is 0.758. The van der Waals surface area contributed by atoms with Crippen molar-refractivity contribution in [3.63, 3.8) is 0 Å². The molecule has 0 saturated carbocycles. The number of anilines is 1. The molecule has 0 fully saturated rings. The minimum atomic E-state index is -0.281. The SMILES string of the molecule is O=C(CCc1ccccc1F)Nc1ccccc1Cn1cncn1. The number of benzene rings is 2. The van der Waals surface area contributed by atoms with E-state index in [1.54, 1.807) is 29.2 Å². The topological polar surface area (TPSA) is 59.8 Å². The van der Waals surface area contributed by atoms with Crippen LogP contribution in [0.15, 0.2) is 61.2 Å². The van der Waals surface area contributed by atoms with E-state index >= 15 is 0 Å². The highest BCUT2D eigenvalue weighted by Crippen LogP contribution is 2.17. The van der Waals surface area contributed by atoms with E-state index in [9.17, 15) is 9.18 Å². The maximum Gasteiger partial charge on any atom is 0.224 e. The molecule has 1 heterocycles. The van der Waals surface area contributed by atoms with Crippen LogP contribution in [0, 0.1) is 5.82 Å². The molecule has 24 heavy (non-hydrogen) atoms. The number of hydrogen-bond donors (Lipinski definition) is 1. The molecule has 6 heteroatoms. The van der Waals surface area contributed by atoms with Gasteiger partial charge in [0.1, 0.15) is 18.5 Å². The first-order valence-corrected chi connectivity index (χ1v) is 7.66. The molecule has 5 nitrogen and oxygen atoms in total. The zero-order valence-electron chi connectivity index (χ0n) is 13.0. The number of carbonyl (C=O) groups is 1. The smallest absolute Gasteiger partial charge is 0.224 e. The molecule has 122 valence electrons. The standard InChI is InChI=1S/C18H17FN4O/c19-16-7-3-1-5-14(16)9-10-18(24)22-17-8-4-2-6-15(17)11-23-13-20-12-21-23/h1-8,12-13H,9-11H2,(H,22,24). The van der Waals surface area contributed by atoms with Crippen LogP contribution in [0.3, 0.4) is 0 Å². The predicted octanol–water partition coefficient (Wildman–Crippen LogP) is 3.04. The van der Waals surface area contributed by atoms with Crippen molar-refractivity contribution in [3.05, 3.63) is 78.1 Å². The van der Waals surface area contributed by atoms with Gasteiger partial charge in [-0.05, 0) is 29.7 Å². The van der Waals surface area contributed by atoms with E-state index in [1.807, 2.05) is 24.3 Å². The van der Waals surface area contributed by atoms with Crippen molar-refractivity contribution in [2.75, 3.05) is 5.32 Å². The van der Waals surface area contributed by atoms with Gasteiger partial charge in [-0.1, -0.05) is 36.4 Å². The zero-order chi connectivity index (χ0) is 16.8. The van der Waals surface area contributed by atoms with E-state index in [1.165, 1.54) is 12.4 Å². The van der Waals surface area contributed by atoms with E-state index < -0.39 is 0 Å². The Balaban J connectivity index is 1.63. The van der Waals surface area contributed by atoms with Gasteiger partial charge in [-0.2, -0.15) is 5.10 Å². The minimum Gasteiger partial charge on any atom is -0.326 e. The van der Waals surface area contributed by atoms with E-state index in [-0.39, 0.29) is 18.1 Å². The largest absolute Gasteiger partial charge is 0.326 e. The van der Waals surface area contributed by atoms with Gasteiger partial charge in [0.05, 0.1) is 6.54 Å². The van der Waals surface area contributed by atoms with Crippen molar-refractivity contribution in [2.24, 2.45) is 0 Å². The third kappa shape index (κ3) is 4.04.